The average molecular weight is 308 g/mol. The van der Waals surface area contributed by atoms with Gasteiger partial charge >= 0.3 is 5.97 Å². The van der Waals surface area contributed by atoms with Gasteiger partial charge in [-0.1, -0.05) is 26.0 Å². The minimum atomic E-state index is -2.72. The van der Waals surface area contributed by atoms with Crippen LogP contribution in [-0.2, 0) is 13.9 Å². The quantitative estimate of drug-likeness (QED) is 0.449. The number of rotatable bonds is 4. The van der Waals surface area contributed by atoms with Crippen LogP contribution in [-0.4, -0.2) is 18.3 Å². The molecule has 4 aliphatic carbocycles. The lowest BCUT2D eigenvalue weighted by molar-refractivity contribution is -0.141. The Kier molecular flexibility index (Phi) is 3.16. The van der Waals surface area contributed by atoms with E-state index in [-0.39, 0.29) is 11.9 Å². The largest absolute Gasteiger partial charge is 0.412 e. The molecule has 21 heavy (non-hydrogen) atoms. The average Bonchev–Trinajstić information content (AvgIpc) is 3.23. The molecule has 0 N–H and O–H groups in total. The van der Waals surface area contributed by atoms with Crippen LogP contribution < -0.4 is 0 Å². The minimum absolute atomic E-state index is 0.0235. The van der Waals surface area contributed by atoms with E-state index in [1.54, 1.807) is 0 Å². The summed E-state index contributed by atoms with van der Waals surface area (Å²) in [4.78, 5) is 12.6. The van der Waals surface area contributed by atoms with E-state index in [0.717, 1.165) is 18.3 Å². The minimum Gasteiger partial charge on any atom is -0.412 e. The van der Waals surface area contributed by atoms with Crippen molar-refractivity contribution in [3.63, 3.8) is 0 Å². The molecular weight excluding hydrogens is 283 g/mol. The van der Waals surface area contributed by atoms with Gasteiger partial charge in [-0.15, -0.1) is 0 Å². The molecule has 0 aromatic carbocycles. The van der Waals surface area contributed by atoms with Gasteiger partial charge in [0.25, 0.3) is 0 Å². The summed E-state index contributed by atoms with van der Waals surface area (Å²) in [5.41, 5.74) is 0. The predicted molar refractivity (Wildman–Crippen MR) is 82.2 cm³/mol. The molecule has 4 heteroatoms. The van der Waals surface area contributed by atoms with Crippen LogP contribution in [0.25, 0.3) is 0 Å². The Balaban J connectivity index is 1.51. The molecule has 0 radical (unpaired) electrons. The summed E-state index contributed by atoms with van der Waals surface area (Å²) in [6.07, 6.45) is 9.24. The summed E-state index contributed by atoms with van der Waals surface area (Å²) in [5, 5.41) is 0. The van der Waals surface area contributed by atoms with Gasteiger partial charge in [-0.05, 0) is 54.8 Å². The summed E-state index contributed by atoms with van der Waals surface area (Å²) in [5.74, 6) is 4.10. The molecule has 4 rings (SSSR count). The Labute approximate surface area is 127 Å². The zero-order chi connectivity index (χ0) is 14.8. The first-order chi connectivity index (χ1) is 10.1. The molecule has 4 bridgehead atoms. The Morgan fingerprint density at radius 3 is 2.43 bits per heavy atom. The molecule has 3 nitrogen and oxygen atoms in total. The van der Waals surface area contributed by atoms with Crippen molar-refractivity contribution in [2.24, 2.45) is 41.4 Å². The first-order valence-corrected chi connectivity index (χ1v) is 10.6. The van der Waals surface area contributed by atoms with Gasteiger partial charge in [0.2, 0.25) is 7.37 Å². The molecule has 0 amide bonds. The van der Waals surface area contributed by atoms with Gasteiger partial charge in [0.15, 0.2) is 0 Å². The van der Waals surface area contributed by atoms with E-state index in [4.69, 9.17) is 4.52 Å². The number of allylic oxidation sites excluding steroid dienone is 2. The van der Waals surface area contributed by atoms with Gasteiger partial charge in [-0.2, -0.15) is 0 Å². The Morgan fingerprint density at radius 2 is 1.76 bits per heavy atom. The third kappa shape index (κ3) is 1.92. The highest BCUT2D eigenvalue weighted by Crippen LogP contribution is 2.67. The van der Waals surface area contributed by atoms with Crippen LogP contribution in [0.4, 0.5) is 0 Å². The van der Waals surface area contributed by atoms with Crippen molar-refractivity contribution in [1.29, 1.82) is 0 Å². The van der Waals surface area contributed by atoms with Crippen molar-refractivity contribution in [1.82, 2.24) is 0 Å². The lowest BCUT2D eigenvalue weighted by atomic mass is 9.69. The fourth-order valence-electron chi connectivity index (χ4n) is 5.87. The summed E-state index contributed by atoms with van der Waals surface area (Å²) >= 11 is 0. The third-order valence-corrected chi connectivity index (χ3v) is 9.23. The second-order valence-corrected chi connectivity index (χ2v) is 10.5. The van der Waals surface area contributed by atoms with Crippen molar-refractivity contribution >= 4 is 13.3 Å². The van der Waals surface area contributed by atoms with E-state index >= 15 is 0 Å². The van der Waals surface area contributed by atoms with Gasteiger partial charge in [0.05, 0.1) is 5.92 Å². The highest BCUT2D eigenvalue weighted by Gasteiger charge is 2.62. The zero-order valence-corrected chi connectivity index (χ0v) is 13.8. The second kappa shape index (κ2) is 4.72. The molecule has 0 spiro atoms. The number of hydrogen-bond donors (Lipinski definition) is 0. The van der Waals surface area contributed by atoms with Gasteiger partial charge < -0.3 is 4.52 Å². The molecule has 0 aromatic heterocycles. The van der Waals surface area contributed by atoms with Crippen LogP contribution in [0.15, 0.2) is 12.2 Å². The van der Waals surface area contributed by atoms with E-state index < -0.39 is 7.37 Å². The van der Waals surface area contributed by atoms with Crippen molar-refractivity contribution < 1.29 is 13.9 Å². The monoisotopic (exact) mass is 308 g/mol. The summed E-state index contributed by atoms with van der Waals surface area (Å²) < 4.78 is 17.9. The summed E-state index contributed by atoms with van der Waals surface area (Å²) in [7, 11) is -2.72. The smallest absolute Gasteiger partial charge is 0.314 e. The van der Waals surface area contributed by atoms with Gasteiger partial charge in [0, 0.05) is 12.3 Å². The lowest BCUT2D eigenvalue weighted by Crippen LogP contribution is -2.35. The maximum atomic E-state index is 12.6. The van der Waals surface area contributed by atoms with E-state index in [9.17, 15) is 9.36 Å². The van der Waals surface area contributed by atoms with Crippen LogP contribution in [0.3, 0.4) is 0 Å². The molecule has 4 aliphatic rings. The van der Waals surface area contributed by atoms with E-state index in [0.29, 0.717) is 36.0 Å². The van der Waals surface area contributed by atoms with E-state index in [1.807, 2.05) is 13.8 Å². The van der Waals surface area contributed by atoms with E-state index in [2.05, 4.69) is 12.2 Å². The standard InChI is InChI=1S/C17H25O3P/c1-3-21(19,4-2)20-17(18)14-9-12-8-13(14)16-11-6-5-10(7-11)15(12)16/h5-6,10-16H,3-4,7-9H2,1-2H3. The fourth-order valence-corrected chi connectivity index (χ4v) is 7.04. The first kappa shape index (κ1) is 14.1. The normalized spacial score (nSPS) is 46.1. The number of fused-ring (bicyclic) bond motifs is 9. The van der Waals surface area contributed by atoms with Crippen LogP contribution in [0.1, 0.15) is 33.1 Å². The highest BCUT2D eigenvalue weighted by atomic mass is 31.2. The summed E-state index contributed by atoms with van der Waals surface area (Å²) in [6, 6.07) is 0. The number of carbonyl (C=O) groups excluding carboxylic acids is 1. The van der Waals surface area contributed by atoms with Crippen LogP contribution in [0, 0.1) is 41.4 Å². The lowest BCUT2D eigenvalue weighted by Gasteiger charge is -2.36. The van der Waals surface area contributed by atoms with Gasteiger partial charge in [0.1, 0.15) is 0 Å². The Morgan fingerprint density at radius 1 is 1.10 bits per heavy atom. The predicted octanol–water partition coefficient (Wildman–Crippen LogP) is 3.94. The molecule has 0 saturated heterocycles. The molecule has 0 heterocycles. The highest BCUT2D eigenvalue weighted by molar-refractivity contribution is 7.59. The zero-order valence-electron chi connectivity index (χ0n) is 12.9. The van der Waals surface area contributed by atoms with E-state index in [1.165, 1.54) is 12.8 Å². The SMILES string of the molecule is CCP(=O)(CC)OC(=O)C1CC2CC1C1C3C=CC(C3)C21. The first-order valence-electron chi connectivity index (χ1n) is 8.56. The van der Waals surface area contributed by atoms with Crippen molar-refractivity contribution in [2.45, 2.75) is 33.1 Å². The van der Waals surface area contributed by atoms with Gasteiger partial charge in [-0.3, -0.25) is 9.36 Å². The molecule has 0 aliphatic heterocycles. The van der Waals surface area contributed by atoms with Crippen LogP contribution in [0.2, 0.25) is 0 Å². The molecular formula is C17H25O3P. The number of carbonyl (C=O) groups is 1. The number of hydrogen-bond acceptors (Lipinski definition) is 3. The third-order valence-electron chi connectivity index (χ3n) is 6.79. The molecule has 116 valence electrons. The Bertz CT molecular complexity index is 532. The molecule has 0 aromatic rings. The Hall–Kier alpha value is -0.560. The maximum absolute atomic E-state index is 12.6. The molecule has 7 atom stereocenters. The fraction of sp³-hybridized carbons (Fsp3) is 0.824. The maximum Gasteiger partial charge on any atom is 0.314 e. The van der Waals surface area contributed by atoms with Crippen molar-refractivity contribution in [2.75, 3.05) is 12.3 Å². The van der Waals surface area contributed by atoms with Crippen molar-refractivity contribution in [3.05, 3.63) is 12.2 Å². The molecule has 3 saturated carbocycles. The second-order valence-electron chi connectivity index (χ2n) is 7.46. The van der Waals surface area contributed by atoms with Crippen LogP contribution >= 0.6 is 7.37 Å². The summed E-state index contributed by atoms with van der Waals surface area (Å²) in [6.45, 7) is 3.71. The van der Waals surface area contributed by atoms with Crippen LogP contribution in [0.5, 0.6) is 0 Å². The topological polar surface area (TPSA) is 43.4 Å². The molecule has 3 fully saturated rings. The van der Waals surface area contributed by atoms with Gasteiger partial charge in [-0.25, -0.2) is 0 Å². The van der Waals surface area contributed by atoms with Crippen molar-refractivity contribution in [3.8, 4) is 0 Å². The molecule has 7 unspecified atom stereocenters.